The lowest BCUT2D eigenvalue weighted by molar-refractivity contribution is 0.132. The Bertz CT molecular complexity index is 1350. The first-order valence-electron chi connectivity index (χ1n) is 11.0. The summed E-state index contributed by atoms with van der Waals surface area (Å²) in [6.07, 6.45) is 3.25. The Labute approximate surface area is 188 Å². The molecule has 9 nitrogen and oxygen atoms in total. The van der Waals surface area contributed by atoms with Crippen LogP contribution in [0.4, 0.5) is 20.4 Å². The van der Waals surface area contributed by atoms with Crippen molar-refractivity contribution in [3.05, 3.63) is 41.5 Å². The maximum absolute atomic E-state index is 14.3. The summed E-state index contributed by atoms with van der Waals surface area (Å²) < 4.78 is 31.3. The van der Waals surface area contributed by atoms with Crippen molar-refractivity contribution in [1.29, 1.82) is 0 Å². The fourth-order valence-electron chi connectivity index (χ4n) is 4.47. The zero-order valence-electron chi connectivity index (χ0n) is 18.7. The number of anilines is 2. The summed E-state index contributed by atoms with van der Waals surface area (Å²) in [6.45, 7) is 7.15. The van der Waals surface area contributed by atoms with E-state index in [1.165, 1.54) is 10.6 Å². The average Bonchev–Trinajstić information content (AvgIpc) is 3.39. The monoisotopic (exact) mass is 456 g/mol. The topological polar surface area (TPSA) is 110 Å². The van der Waals surface area contributed by atoms with Crippen molar-refractivity contribution in [2.45, 2.75) is 51.7 Å². The highest BCUT2D eigenvalue weighted by Gasteiger charge is 2.28. The quantitative estimate of drug-likeness (QED) is 0.486. The van der Waals surface area contributed by atoms with Crippen LogP contribution in [0.3, 0.4) is 0 Å². The second kappa shape index (κ2) is 7.91. The number of fused-ring (bicyclic) bond motifs is 3. The van der Waals surface area contributed by atoms with Gasteiger partial charge in [-0.3, -0.25) is 4.68 Å². The molecule has 1 aliphatic rings. The molecule has 11 heteroatoms. The molecule has 3 aromatic heterocycles. The van der Waals surface area contributed by atoms with Crippen LogP contribution in [0.25, 0.3) is 16.6 Å². The van der Waals surface area contributed by atoms with Crippen LogP contribution in [-0.4, -0.2) is 53.7 Å². The highest BCUT2D eigenvalue weighted by molar-refractivity contribution is 5.92. The smallest absolute Gasteiger partial charge is 0.223 e. The lowest BCUT2D eigenvalue weighted by Crippen LogP contribution is -2.35. The third-order valence-corrected chi connectivity index (χ3v) is 6.47. The van der Waals surface area contributed by atoms with E-state index in [1.807, 2.05) is 20.0 Å². The number of nitrogens with zero attached hydrogens (tertiary/aromatic N) is 7. The van der Waals surface area contributed by atoms with Crippen molar-refractivity contribution >= 4 is 28.2 Å². The molecule has 33 heavy (non-hydrogen) atoms. The highest BCUT2D eigenvalue weighted by atomic mass is 19.1. The molecule has 5 rings (SSSR count). The zero-order valence-corrected chi connectivity index (χ0v) is 18.7. The van der Waals surface area contributed by atoms with Gasteiger partial charge in [0.25, 0.3) is 0 Å². The number of halogens is 2. The maximum atomic E-state index is 14.3. The number of aromatic nitrogens is 6. The van der Waals surface area contributed by atoms with Crippen LogP contribution in [-0.2, 0) is 0 Å². The van der Waals surface area contributed by atoms with Crippen LogP contribution in [0.1, 0.15) is 50.2 Å². The first-order chi connectivity index (χ1) is 15.7. The standard InChI is InChI=1S/C22H26F2N8O/c1-11-18(10-31(28-11)12(2)13(3)33)30-6-4-5-14(9-30)20-27-21-16-7-15(23)8-17(24)19(16)26-22(25)32(21)29-20/h7-8,10,12-14,33H,4-6,9H2,1-3H3,(H2,25,26)/t12?,13?,14-/m1/s1. The van der Waals surface area contributed by atoms with Gasteiger partial charge in [-0.25, -0.2) is 18.7 Å². The summed E-state index contributed by atoms with van der Waals surface area (Å²) in [6, 6.07) is 1.85. The normalized spacial score (nSPS) is 18.8. The molecule has 1 aromatic carbocycles. The van der Waals surface area contributed by atoms with Gasteiger partial charge in [-0.2, -0.15) is 9.61 Å². The van der Waals surface area contributed by atoms with Crippen LogP contribution in [0.15, 0.2) is 18.3 Å². The van der Waals surface area contributed by atoms with Crippen LogP contribution in [0.2, 0.25) is 0 Å². The molecular weight excluding hydrogens is 430 g/mol. The van der Waals surface area contributed by atoms with Crippen molar-refractivity contribution < 1.29 is 13.9 Å². The number of piperidine rings is 1. The van der Waals surface area contributed by atoms with Crippen LogP contribution in [0, 0.1) is 18.6 Å². The van der Waals surface area contributed by atoms with Crippen molar-refractivity contribution in [3.8, 4) is 0 Å². The van der Waals surface area contributed by atoms with Crippen molar-refractivity contribution in [3.63, 3.8) is 0 Å². The molecular formula is C22H26F2N8O. The first kappa shape index (κ1) is 21.5. The van der Waals surface area contributed by atoms with E-state index < -0.39 is 17.7 Å². The summed E-state index contributed by atoms with van der Waals surface area (Å²) in [5.41, 5.74) is 8.17. The number of rotatable bonds is 4. The summed E-state index contributed by atoms with van der Waals surface area (Å²) in [4.78, 5) is 10.9. The minimum Gasteiger partial charge on any atom is -0.391 e. The molecule has 3 N–H and O–H groups in total. The molecule has 0 bridgehead atoms. The third kappa shape index (κ3) is 3.65. The van der Waals surface area contributed by atoms with E-state index in [0.29, 0.717) is 12.4 Å². The number of hydrogen-bond donors (Lipinski definition) is 2. The molecule has 3 atom stereocenters. The minimum atomic E-state index is -0.786. The molecule has 174 valence electrons. The average molecular weight is 457 g/mol. The number of hydrogen-bond acceptors (Lipinski definition) is 7. The van der Waals surface area contributed by atoms with E-state index >= 15 is 0 Å². The number of nitrogen functional groups attached to an aromatic ring is 1. The zero-order chi connectivity index (χ0) is 23.4. The molecule has 2 unspecified atom stereocenters. The van der Waals surface area contributed by atoms with E-state index in [2.05, 4.69) is 25.1 Å². The predicted octanol–water partition coefficient (Wildman–Crippen LogP) is 2.97. The minimum absolute atomic E-state index is 0.00124. The predicted molar refractivity (Wildman–Crippen MR) is 120 cm³/mol. The fraction of sp³-hybridized carbons (Fsp3) is 0.455. The Kier molecular flexibility index (Phi) is 5.15. The third-order valence-electron chi connectivity index (χ3n) is 6.47. The van der Waals surface area contributed by atoms with Gasteiger partial charge in [-0.05, 0) is 39.7 Å². The summed E-state index contributed by atoms with van der Waals surface area (Å²) in [5.74, 6) is -0.929. The summed E-state index contributed by atoms with van der Waals surface area (Å²) in [5, 5.41) is 19.3. The summed E-state index contributed by atoms with van der Waals surface area (Å²) >= 11 is 0. The molecule has 1 aliphatic heterocycles. The Hall–Kier alpha value is -3.34. The molecule has 0 spiro atoms. The highest BCUT2D eigenvalue weighted by Crippen LogP contribution is 2.32. The van der Waals surface area contributed by atoms with E-state index in [9.17, 15) is 13.9 Å². The van der Waals surface area contributed by atoms with Gasteiger partial charge < -0.3 is 15.7 Å². The molecule has 4 aromatic rings. The molecule has 0 saturated carbocycles. The number of aliphatic hydroxyl groups excluding tert-OH is 1. The first-order valence-corrected chi connectivity index (χ1v) is 11.0. The Morgan fingerprint density at radius 2 is 1.97 bits per heavy atom. The SMILES string of the molecule is Cc1nn(C(C)C(C)O)cc1N1CCC[C@@H](c2nc3c4cc(F)cc(F)c4nc(N)n3n2)C1. The molecule has 0 radical (unpaired) electrons. The Balaban J connectivity index is 1.50. The number of aryl methyl sites for hydroxylation is 1. The molecule has 0 aliphatic carbocycles. The second-order valence-electron chi connectivity index (χ2n) is 8.81. The lowest BCUT2D eigenvalue weighted by Gasteiger charge is -2.32. The lowest BCUT2D eigenvalue weighted by atomic mass is 9.97. The van der Waals surface area contributed by atoms with E-state index in [-0.39, 0.29) is 34.5 Å². The molecule has 1 saturated heterocycles. The van der Waals surface area contributed by atoms with Crippen molar-refractivity contribution in [1.82, 2.24) is 29.4 Å². The summed E-state index contributed by atoms with van der Waals surface area (Å²) in [7, 11) is 0. The molecule has 0 amide bonds. The van der Waals surface area contributed by atoms with Gasteiger partial charge >= 0.3 is 0 Å². The molecule has 1 fully saturated rings. The number of aliphatic hydroxyl groups is 1. The van der Waals surface area contributed by atoms with Gasteiger partial charge in [0.1, 0.15) is 11.3 Å². The maximum Gasteiger partial charge on any atom is 0.223 e. The van der Waals surface area contributed by atoms with E-state index in [1.54, 1.807) is 11.6 Å². The van der Waals surface area contributed by atoms with Gasteiger partial charge in [0.15, 0.2) is 17.3 Å². The fourth-order valence-corrected chi connectivity index (χ4v) is 4.47. The van der Waals surface area contributed by atoms with Gasteiger partial charge in [0.2, 0.25) is 5.95 Å². The van der Waals surface area contributed by atoms with Gasteiger partial charge in [-0.15, -0.1) is 5.10 Å². The van der Waals surface area contributed by atoms with Crippen molar-refractivity contribution in [2.24, 2.45) is 0 Å². The number of benzene rings is 1. The van der Waals surface area contributed by atoms with E-state index in [4.69, 9.17) is 5.73 Å². The Morgan fingerprint density at radius 1 is 1.18 bits per heavy atom. The Morgan fingerprint density at radius 3 is 2.73 bits per heavy atom. The van der Waals surface area contributed by atoms with Crippen molar-refractivity contribution in [2.75, 3.05) is 23.7 Å². The van der Waals surface area contributed by atoms with Gasteiger partial charge in [0.05, 0.1) is 28.9 Å². The van der Waals surface area contributed by atoms with Crippen LogP contribution < -0.4 is 10.6 Å². The molecule has 4 heterocycles. The number of nitrogens with two attached hydrogens (primary N) is 1. The van der Waals surface area contributed by atoms with E-state index in [0.717, 1.165) is 36.8 Å². The second-order valence-corrected chi connectivity index (χ2v) is 8.81. The van der Waals surface area contributed by atoms with Gasteiger partial charge in [0, 0.05) is 31.3 Å². The van der Waals surface area contributed by atoms with Crippen LogP contribution in [0.5, 0.6) is 0 Å². The van der Waals surface area contributed by atoms with Gasteiger partial charge in [-0.1, -0.05) is 0 Å². The largest absolute Gasteiger partial charge is 0.391 e. The van der Waals surface area contributed by atoms with Crippen LogP contribution >= 0.6 is 0 Å².